The van der Waals surface area contributed by atoms with Gasteiger partial charge in [-0.2, -0.15) is 0 Å². The first kappa shape index (κ1) is 22.9. The molecule has 6 heteroatoms. The van der Waals surface area contributed by atoms with Gasteiger partial charge in [0.25, 0.3) is 5.91 Å². The molecule has 0 unspecified atom stereocenters. The Morgan fingerprint density at radius 1 is 1.19 bits per heavy atom. The van der Waals surface area contributed by atoms with Crippen LogP contribution in [0.15, 0.2) is 70.2 Å². The maximum Gasteiger partial charge on any atom is 0.262 e. The van der Waals surface area contributed by atoms with Crippen LogP contribution in [0, 0.1) is 0 Å². The molecule has 0 aliphatic carbocycles. The molecule has 0 bridgehead atoms. The Kier molecular flexibility index (Phi) is 9.18. The second-order valence-corrected chi connectivity index (χ2v) is 8.14. The maximum absolute atomic E-state index is 12.8. The van der Waals surface area contributed by atoms with Crippen LogP contribution in [-0.2, 0) is 9.59 Å². The van der Waals surface area contributed by atoms with E-state index in [1.165, 1.54) is 35.3 Å². The van der Waals surface area contributed by atoms with E-state index in [1.807, 2.05) is 13.0 Å². The summed E-state index contributed by atoms with van der Waals surface area (Å²) in [5.41, 5.74) is 0.829. The van der Waals surface area contributed by atoms with Gasteiger partial charge in [0, 0.05) is 7.05 Å². The van der Waals surface area contributed by atoms with E-state index >= 15 is 0 Å². The summed E-state index contributed by atoms with van der Waals surface area (Å²) in [5.74, 6) is -0.330. The van der Waals surface area contributed by atoms with Gasteiger partial charge >= 0.3 is 0 Å². The lowest BCUT2D eigenvalue weighted by Gasteiger charge is -2.21. The van der Waals surface area contributed by atoms with E-state index < -0.39 is 0 Å². The number of hydrogen-bond acceptors (Lipinski definition) is 5. The van der Waals surface area contributed by atoms with Crippen molar-refractivity contribution in [3.8, 4) is 0 Å². The Hall–Kier alpha value is -2.18. The predicted molar refractivity (Wildman–Crippen MR) is 117 cm³/mol. The first-order valence-corrected chi connectivity index (χ1v) is 10.1. The molecule has 1 N–H and O–H groups in total. The summed E-state index contributed by atoms with van der Waals surface area (Å²) in [6.07, 6.45) is 1.76. The zero-order valence-electron chi connectivity index (χ0n) is 16.1. The van der Waals surface area contributed by atoms with Gasteiger partial charge in [-0.3, -0.25) is 9.59 Å². The molecule has 0 radical (unpaired) electrons. The third-order valence-electron chi connectivity index (χ3n) is 3.51. The molecule has 0 spiro atoms. The molecule has 4 nitrogen and oxygen atoms in total. The number of rotatable bonds is 9. The molecule has 0 aliphatic heterocycles. The Balaban J connectivity index is 2.83. The average molecular weight is 404 g/mol. The third kappa shape index (κ3) is 6.81. The van der Waals surface area contributed by atoms with E-state index in [1.54, 1.807) is 44.3 Å². The monoisotopic (exact) mass is 403 g/mol. The van der Waals surface area contributed by atoms with E-state index in [9.17, 15) is 14.7 Å². The minimum atomic E-state index is -0.381. The molecule has 1 amide bonds. The highest BCUT2D eigenvalue weighted by Gasteiger charge is 2.22. The van der Waals surface area contributed by atoms with Crippen molar-refractivity contribution in [3.63, 3.8) is 0 Å². The number of Topliss-reactive ketones (excluding diaryl/α,β-unsaturated/α-hetero) is 1. The van der Waals surface area contributed by atoms with Crippen molar-refractivity contribution in [1.29, 1.82) is 0 Å². The van der Waals surface area contributed by atoms with Gasteiger partial charge < -0.3 is 10.0 Å². The van der Waals surface area contributed by atoms with Crippen LogP contribution in [0.25, 0.3) is 5.57 Å². The van der Waals surface area contributed by atoms with Crippen LogP contribution in [0.2, 0.25) is 0 Å². The molecular formula is C21H25NO3S2. The SMILES string of the molecule is C=C(C)S/C(=C\C)C(=O)CSC(=C)N(C)C(=O)/C(=C(\C)O)c1ccccc1. The standard InChI is InChI=1S/C21H25NO3S2/c1-7-19(27-14(2)3)18(24)13-26-16(5)22(6)21(25)20(15(4)23)17-11-9-8-10-12-17/h7-12,23H,2,5,13H2,1,3-4,6H3/b19-7-,20-15+. The molecule has 0 atom stereocenters. The molecule has 0 heterocycles. The molecule has 0 saturated carbocycles. The average Bonchev–Trinajstić information content (AvgIpc) is 2.63. The van der Waals surface area contributed by atoms with E-state index in [0.29, 0.717) is 15.5 Å². The van der Waals surface area contributed by atoms with Gasteiger partial charge in [0.1, 0.15) is 5.76 Å². The Bertz CT molecular complexity index is 791. The van der Waals surface area contributed by atoms with E-state index in [4.69, 9.17) is 0 Å². The topological polar surface area (TPSA) is 57.6 Å². The Morgan fingerprint density at radius 3 is 2.26 bits per heavy atom. The van der Waals surface area contributed by atoms with E-state index in [-0.39, 0.29) is 28.8 Å². The normalized spacial score (nSPS) is 12.2. The highest BCUT2D eigenvalue weighted by molar-refractivity contribution is 8.08. The van der Waals surface area contributed by atoms with Gasteiger partial charge in [-0.05, 0) is 31.2 Å². The molecule has 1 aromatic rings. The van der Waals surface area contributed by atoms with Crippen molar-refractivity contribution in [2.24, 2.45) is 0 Å². The summed E-state index contributed by atoms with van der Waals surface area (Å²) in [7, 11) is 1.58. The molecule has 0 aromatic heterocycles. The first-order valence-electron chi connectivity index (χ1n) is 8.26. The number of thioether (sulfide) groups is 2. The van der Waals surface area contributed by atoms with Crippen LogP contribution in [0.5, 0.6) is 0 Å². The van der Waals surface area contributed by atoms with Crippen molar-refractivity contribution in [2.45, 2.75) is 20.8 Å². The second kappa shape index (κ2) is 10.8. The Labute approximate surface area is 169 Å². The fourth-order valence-electron chi connectivity index (χ4n) is 2.15. The van der Waals surface area contributed by atoms with Gasteiger partial charge in [0.15, 0.2) is 5.78 Å². The zero-order valence-corrected chi connectivity index (χ0v) is 17.7. The van der Waals surface area contributed by atoms with Crippen LogP contribution in [-0.4, -0.2) is 34.5 Å². The van der Waals surface area contributed by atoms with Gasteiger partial charge in [-0.1, -0.05) is 61.3 Å². The summed E-state index contributed by atoms with van der Waals surface area (Å²) in [6.45, 7) is 12.8. The quantitative estimate of drug-likeness (QED) is 0.443. The van der Waals surface area contributed by atoms with Crippen LogP contribution >= 0.6 is 23.5 Å². The number of ketones is 1. The summed E-state index contributed by atoms with van der Waals surface area (Å²) in [6, 6.07) is 8.95. The highest BCUT2D eigenvalue weighted by Crippen LogP contribution is 2.28. The molecule has 1 aromatic carbocycles. The molecule has 0 aliphatic rings. The summed E-state index contributed by atoms with van der Waals surface area (Å²) < 4.78 is 0. The van der Waals surface area contributed by atoms with Crippen LogP contribution in [0.1, 0.15) is 26.3 Å². The highest BCUT2D eigenvalue weighted by atomic mass is 32.2. The number of aliphatic hydroxyl groups is 1. The van der Waals surface area contributed by atoms with Gasteiger partial charge in [-0.25, -0.2) is 0 Å². The number of benzene rings is 1. The van der Waals surface area contributed by atoms with E-state index in [2.05, 4.69) is 13.2 Å². The third-order valence-corrected chi connectivity index (χ3v) is 5.55. The van der Waals surface area contributed by atoms with Gasteiger partial charge in [0.2, 0.25) is 0 Å². The number of likely N-dealkylation sites (N-methyl/N-ethyl adjacent to an activating group) is 1. The fraction of sp³-hybridized carbons (Fsp3) is 0.238. The van der Waals surface area contributed by atoms with Gasteiger partial charge in [0.05, 0.1) is 21.3 Å². The van der Waals surface area contributed by atoms with Crippen molar-refractivity contribution >= 4 is 40.8 Å². The number of aliphatic hydroxyl groups excluding tert-OH is 1. The minimum absolute atomic E-state index is 0.0466. The molecule has 27 heavy (non-hydrogen) atoms. The molecular weight excluding hydrogens is 378 g/mol. The number of carbonyl (C=O) groups excluding carboxylic acids is 2. The number of carbonyl (C=O) groups is 2. The molecule has 144 valence electrons. The lowest BCUT2D eigenvalue weighted by Crippen LogP contribution is -2.26. The number of nitrogens with zero attached hydrogens (tertiary/aromatic N) is 1. The summed E-state index contributed by atoms with van der Waals surface area (Å²) in [5, 5.41) is 10.4. The van der Waals surface area contributed by atoms with Crippen LogP contribution < -0.4 is 0 Å². The summed E-state index contributed by atoms with van der Waals surface area (Å²) >= 11 is 2.52. The second-order valence-electron chi connectivity index (χ2n) is 5.75. The van der Waals surface area contributed by atoms with Crippen molar-refractivity contribution in [3.05, 3.63) is 75.7 Å². The number of allylic oxidation sites excluding steroid dienone is 4. The largest absolute Gasteiger partial charge is 0.512 e. The molecule has 0 fully saturated rings. The van der Waals surface area contributed by atoms with Crippen molar-refractivity contribution < 1.29 is 14.7 Å². The summed E-state index contributed by atoms with van der Waals surface area (Å²) in [4.78, 5) is 28.0. The molecule has 1 rings (SSSR count). The fourth-order valence-corrected chi connectivity index (χ4v) is 3.65. The first-order chi connectivity index (χ1) is 12.7. The lowest BCUT2D eigenvalue weighted by atomic mass is 10.0. The van der Waals surface area contributed by atoms with Gasteiger partial charge in [-0.15, -0.1) is 11.8 Å². The zero-order chi connectivity index (χ0) is 20.6. The number of amides is 1. The van der Waals surface area contributed by atoms with Crippen LogP contribution in [0.4, 0.5) is 0 Å². The van der Waals surface area contributed by atoms with Crippen molar-refractivity contribution in [1.82, 2.24) is 4.90 Å². The minimum Gasteiger partial charge on any atom is -0.512 e. The van der Waals surface area contributed by atoms with E-state index in [0.717, 1.165) is 4.91 Å². The van der Waals surface area contributed by atoms with Crippen LogP contribution in [0.3, 0.4) is 0 Å². The molecule has 0 saturated heterocycles. The Morgan fingerprint density at radius 2 is 1.78 bits per heavy atom. The lowest BCUT2D eigenvalue weighted by molar-refractivity contribution is -0.122. The maximum atomic E-state index is 12.8. The van der Waals surface area contributed by atoms with Crippen molar-refractivity contribution in [2.75, 3.05) is 12.8 Å². The number of hydrogen-bond donors (Lipinski definition) is 1. The predicted octanol–water partition coefficient (Wildman–Crippen LogP) is 5.38. The smallest absolute Gasteiger partial charge is 0.262 e.